The van der Waals surface area contributed by atoms with Gasteiger partial charge in [-0.1, -0.05) is 0 Å². The van der Waals surface area contributed by atoms with E-state index in [0.717, 1.165) is 12.4 Å². The van der Waals surface area contributed by atoms with Crippen LogP contribution in [0.25, 0.3) is 0 Å². The number of hydrogen-bond acceptors (Lipinski definition) is 4. The number of likely N-dealkylation sites (tertiary alicyclic amines) is 1. The van der Waals surface area contributed by atoms with Crippen LogP contribution in [0, 0.1) is 5.92 Å². The van der Waals surface area contributed by atoms with Gasteiger partial charge in [-0.2, -0.15) is 0 Å². The Morgan fingerprint density at radius 2 is 2.18 bits per heavy atom. The molecule has 0 aliphatic carbocycles. The lowest BCUT2D eigenvalue weighted by molar-refractivity contribution is -0.141. The van der Waals surface area contributed by atoms with Gasteiger partial charge in [0.25, 0.3) is 5.91 Å². The highest BCUT2D eigenvalue weighted by atomic mass is 16.4. The van der Waals surface area contributed by atoms with E-state index in [0.29, 0.717) is 24.6 Å². The maximum atomic E-state index is 12.4. The lowest BCUT2D eigenvalue weighted by atomic mass is 10.1. The number of amides is 1. The molecule has 0 bridgehead atoms. The highest BCUT2D eigenvalue weighted by molar-refractivity contribution is 5.94. The number of carboxylic acid groups (broad SMARTS) is 1. The molecule has 22 heavy (non-hydrogen) atoms. The third kappa shape index (κ3) is 3.37. The molecule has 120 valence electrons. The Labute approximate surface area is 130 Å². The lowest BCUT2D eigenvalue weighted by Crippen LogP contribution is -2.32. The number of rotatable bonds is 5. The number of pyridine rings is 1. The molecule has 1 atom stereocenters. The molecule has 6 heteroatoms. The van der Waals surface area contributed by atoms with Crippen molar-refractivity contribution in [1.82, 2.24) is 9.88 Å². The first kappa shape index (κ1) is 16.3. The minimum absolute atomic E-state index is 0.143. The van der Waals surface area contributed by atoms with E-state index in [1.807, 2.05) is 6.07 Å². The fourth-order valence-electron chi connectivity index (χ4n) is 2.80. The first-order valence-electron chi connectivity index (χ1n) is 7.68. The van der Waals surface area contributed by atoms with Crippen molar-refractivity contribution in [2.24, 2.45) is 5.92 Å². The summed E-state index contributed by atoms with van der Waals surface area (Å²) in [6.07, 6.45) is 2.10. The van der Waals surface area contributed by atoms with Crippen molar-refractivity contribution in [3.8, 4) is 0 Å². The SMILES string of the molecule is CCN(c1ccc(C(=O)N2CC[C@H](C(=O)O)C2)cn1)C(C)C. The van der Waals surface area contributed by atoms with E-state index < -0.39 is 11.9 Å². The fraction of sp³-hybridized carbons (Fsp3) is 0.562. The van der Waals surface area contributed by atoms with Gasteiger partial charge in [0.05, 0.1) is 11.5 Å². The van der Waals surface area contributed by atoms with E-state index >= 15 is 0 Å². The van der Waals surface area contributed by atoms with Crippen molar-refractivity contribution >= 4 is 17.7 Å². The summed E-state index contributed by atoms with van der Waals surface area (Å²) in [5.41, 5.74) is 0.509. The Morgan fingerprint density at radius 3 is 2.64 bits per heavy atom. The average Bonchev–Trinajstić information content (AvgIpc) is 2.97. The number of aromatic nitrogens is 1. The topological polar surface area (TPSA) is 73.7 Å². The highest BCUT2D eigenvalue weighted by Gasteiger charge is 2.31. The second kappa shape index (κ2) is 6.77. The Balaban J connectivity index is 2.07. The van der Waals surface area contributed by atoms with Crippen LogP contribution in [0.3, 0.4) is 0 Å². The van der Waals surface area contributed by atoms with Crippen molar-refractivity contribution in [1.29, 1.82) is 0 Å². The normalized spacial score (nSPS) is 17.8. The molecule has 1 aliphatic heterocycles. The van der Waals surface area contributed by atoms with Gasteiger partial charge in [0.15, 0.2) is 0 Å². The smallest absolute Gasteiger partial charge is 0.308 e. The fourth-order valence-corrected chi connectivity index (χ4v) is 2.80. The number of carboxylic acids is 1. The van der Waals surface area contributed by atoms with Crippen molar-refractivity contribution in [2.45, 2.75) is 33.2 Å². The number of hydrogen-bond donors (Lipinski definition) is 1. The van der Waals surface area contributed by atoms with Gasteiger partial charge in [0.2, 0.25) is 0 Å². The van der Waals surface area contributed by atoms with Crippen molar-refractivity contribution in [3.05, 3.63) is 23.9 Å². The summed E-state index contributed by atoms with van der Waals surface area (Å²) in [7, 11) is 0. The first-order chi connectivity index (χ1) is 10.4. The quantitative estimate of drug-likeness (QED) is 0.899. The van der Waals surface area contributed by atoms with Crippen LogP contribution in [0.5, 0.6) is 0 Å². The summed E-state index contributed by atoms with van der Waals surface area (Å²) >= 11 is 0. The van der Waals surface area contributed by atoms with E-state index in [2.05, 4.69) is 30.7 Å². The van der Waals surface area contributed by atoms with Crippen LogP contribution in [-0.4, -0.2) is 52.5 Å². The summed E-state index contributed by atoms with van der Waals surface area (Å²) in [6, 6.07) is 3.96. The molecule has 1 aliphatic rings. The maximum absolute atomic E-state index is 12.4. The van der Waals surface area contributed by atoms with Gasteiger partial charge >= 0.3 is 5.97 Å². The molecule has 6 nitrogen and oxygen atoms in total. The van der Waals surface area contributed by atoms with Gasteiger partial charge in [-0.3, -0.25) is 9.59 Å². The molecule has 1 N–H and O–H groups in total. The van der Waals surface area contributed by atoms with Crippen LogP contribution in [0.1, 0.15) is 37.6 Å². The number of carbonyl (C=O) groups is 2. The largest absolute Gasteiger partial charge is 0.481 e. The maximum Gasteiger partial charge on any atom is 0.308 e. The lowest BCUT2D eigenvalue weighted by Gasteiger charge is -2.26. The Hall–Kier alpha value is -2.11. The number of aliphatic carboxylic acids is 1. The molecule has 2 rings (SSSR count). The standard InChI is InChI=1S/C16H23N3O3/c1-4-19(11(2)3)14-6-5-12(9-17-14)15(20)18-8-7-13(10-18)16(21)22/h5-6,9,11,13H,4,7-8,10H2,1-3H3,(H,21,22)/t13-/m0/s1. The van der Waals surface area contributed by atoms with Gasteiger partial charge in [-0.05, 0) is 39.3 Å². The minimum atomic E-state index is -0.834. The van der Waals surface area contributed by atoms with E-state index in [-0.39, 0.29) is 12.5 Å². The van der Waals surface area contributed by atoms with Gasteiger partial charge in [0, 0.05) is 31.9 Å². The average molecular weight is 305 g/mol. The third-order valence-electron chi connectivity index (χ3n) is 4.08. The second-order valence-electron chi connectivity index (χ2n) is 5.86. The molecule has 1 aromatic rings. The van der Waals surface area contributed by atoms with Crippen molar-refractivity contribution in [2.75, 3.05) is 24.5 Å². The van der Waals surface area contributed by atoms with Crippen LogP contribution in [-0.2, 0) is 4.79 Å². The van der Waals surface area contributed by atoms with Crippen molar-refractivity contribution < 1.29 is 14.7 Å². The zero-order valence-electron chi connectivity index (χ0n) is 13.3. The number of nitrogens with zero attached hydrogens (tertiary/aromatic N) is 3. The summed E-state index contributed by atoms with van der Waals surface area (Å²) in [6.45, 7) is 7.88. The van der Waals surface area contributed by atoms with Crippen LogP contribution in [0.15, 0.2) is 18.3 Å². The van der Waals surface area contributed by atoms with Crippen LogP contribution in [0.2, 0.25) is 0 Å². The predicted octanol–water partition coefficient (Wildman–Crippen LogP) is 1.86. The zero-order valence-corrected chi connectivity index (χ0v) is 13.3. The third-order valence-corrected chi connectivity index (χ3v) is 4.08. The van der Waals surface area contributed by atoms with E-state index in [4.69, 9.17) is 5.11 Å². The summed E-state index contributed by atoms with van der Waals surface area (Å²) in [5.74, 6) is -0.582. The van der Waals surface area contributed by atoms with Crippen LogP contribution in [0.4, 0.5) is 5.82 Å². The molecule has 0 aromatic carbocycles. The highest BCUT2D eigenvalue weighted by Crippen LogP contribution is 2.20. The van der Waals surface area contributed by atoms with Gasteiger partial charge in [-0.15, -0.1) is 0 Å². The molecule has 0 radical (unpaired) electrons. The molecule has 0 saturated carbocycles. The zero-order chi connectivity index (χ0) is 16.3. The molecule has 1 aromatic heterocycles. The summed E-state index contributed by atoms with van der Waals surface area (Å²) in [4.78, 5) is 31.5. The van der Waals surface area contributed by atoms with Crippen LogP contribution >= 0.6 is 0 Å². The van der Waals surface area contributed by atoms with Crippen molar-refractivity contribution in [3.63, 3.8) is 0 Å². The Kier molecular flexibility index (Phi) is 5.00. The monoisotopic (exact) mass is 305 g/mol. The van der Waals surface area contributed by atoms with Gasteiger partial charge in [-0.25, -0.2) is 4.98 Å². The summed E-state index contributed by atoms with van der Waals surface area (Å²) < 4.78 is 0. The first-order valence-corrected chi connectivity index (χ1v) is 7.68. The molecule has 2 heterocycles. The molecule has 1 saturated heterocycles. The second-order valence-corrected chi connectivity index (χ2v) is 5.86. The van der Waals surface area contributed by atoms with Crippen LogP contribution < -0.4 is 4.90 Å². The Morgan fingerprint density at radius 1 is 1.45 bits per heavy atom. The van der Waals surface area contributed by atoms with E-state index in [9.17, 15) is 9.59 Å². The number of carbonyl (C=O) groups excluding carboxylic acids is 1. The van der Waals surface area contributed by atoms with E-state index in [1.54, 1.807) is 17.2 Å². The van der Waals surface area contributed by atoms with Gasteiger partial charge < -0.3 is 14.9 Å². The summed E-state index contributed by atoms with van der Waals surface area (Å²) in [5, 5.41) is 9.00. The molecular weight excluding hydrogens is 282 g/mol. The van der Waals surface area contributed by atoms with E-state index in [1.165, 1.54) is 0 Å². The molecule has 1 fully saturated rings. The van der Waals surface area contributed by atoms with Gasteiger partial charge in [0.1, 0.15) is 5.82 Å². The molecule has 0 unspecified atom stereocenters. The predicted molar refractivity (Wildman–Crippen MR) is 84.0 cm³/mol. The minimum Gasteiger partial charge on any atom is -0.481 e. The molecule has 0 spiro atoms. The number of anilines is 1. The molecule has 1 amide bonds. The Bertz CT molecular complexity index is 542. The molecular formula is C16H23N3O3.